The first-order valence-electron chi connectivity index (χ1n) is 9.83. The SMILES string of the molecule is O=C(O)c1c(-c2cc3ccccc3o2)nc2ccccc2c1-c1cc2ccccc2o1. The Morgan fingerprint density at radius 3 is 2.00 bits per heavy atom. The van der Waals surface area contributed by atoms with Crippen LogP contribution in [0.4, 0.5) is 0 Å². The summed E-state index contributed by atoms with van der Waals surface area (Å²) < 4.78 is 12.1. The molecule has 0 aliphatic rings. The van der Waals surface area contributed by atoms with Crippen molar-refractivity contribution in [1.29, 1.82) is 0 Å². The van der Waals surface area contributed by atoms with Crippen LogP contribution in [0.5, 0.6) is 0 Å². The van der Waals surface area contributed by atoms with E-state index in [4.69, 9.17) is 8.83 Å². The van der Waals surface area contributed by atoms with Gasteiger partial charge in [-0.05, 0) is 30.3 Å². The van der Waals surface area contributed by atoms with E-state index in [0.717, 1.165) is 10.8 Å². The number of carbonyl (C=O) groups is 1. The number of nitrogens with zero attached hydrogens (tertiary/aromatic N) is 1. The van der Waals surface area contributed by atoms with Crippen molar-refractivity contribution < 1.29 is 18.7 Å². The third kappa shape index (κ3) is 2.71. The molecule has 0 radical (unpaired) electrons. The second-order valence-corrected chi connectivity index (χ2v) is 7.33. The van der Waals surface area contributed by atoms with E-state index in [9.17, 15) is 9.90 Å². The Morgan fingerprint density at radius 2 is 1.32 bits per heavy atom. The number of hydrogen-bond acceptors (Lipinski definition) is 4. The van der Waals surface area contributed by atoms with Crippen molar-refractivity contribution in [3.63, 3.8) is 0 Å². The molecule has 0 spiro atoms. The summed E-state index contributed by atoms with van der Waals surface area (Å²) in [6.07, 6.45) is 0. The molecule has 1 N–H and O–H groups in total. The summed E-state index contributed by atoms with van der Waals surface area (Å²) in [6.45, 7) is 0. The highest BCUT2D eigenvalue weighted by Crippen LogP contribution is 2.40. The van der Waals surface area contributed by atoms with E-state index in [2.05, 4.69) is 4.98 Å². The summed E-state index contributed by atoms with van der Waals surface area (Å²) in [4.78, 5) is 17.2. The van der Waals surface area contributed by atoms with Gasteiger partial charge in [0.2, 0.25) is 0 Å². The third-order valence-corrected chi connectivity index (χ3v) is 5.44. The number of aromatic carboxylic acids is 1. The van der Waals surface area contributed by atoms with Gasteiger partial charge in [0.25, 0.3) is 0 Å². The molecule has 31 heavy (non-hydrogen) atoms. The first-order valence-corrected chi connectivity index (χ1v) is 9.83. The summed E-state index contributed by atoms with van der Waals surface area (Å²) in [5.74, 6) is -0.208. The smallest absolute Gasteiger partial charge is 0.338 e. The quantitative estimate of drug-likeness (QED) is 0.352. The lowest BCUT2D eigenvalue weighted by Gasteiger charge is -2.12. The van der Waals surface area contributed by atoms with Crippen LogP contribution in [0, 0.1) is 0 Å². The van der Waals surface area contributed by atoms with E-state index in [-0.39, 0.29) is 11.3 Å². The molecule has 3 aromatic carbocycles. The maximum Gasteiger partial charge on any atom is 0.338 e. The highest BCUT2D eigenvalue weighted by atomic mass is 16.4. The first-order chi connectivity index (χ1) is 15.2. The molecule has 148 valence electrons. The fourth-order valence-electron chi connectivity index (χ4n) is 4.06. The van der Waals surface area contributed by atoms with Crippen LogP contribution in [-0.2, 0) is 0 Å². The van der Waals surface area contributed by atoms with Gasteiger partial charge in [-0.15, -0.1) is 0 Å². The Bertz CT molecular complexity index is 1560. The van der Waals surface area contributed by atoms with Gasteiger partial charge in [-0.25, -0.2) is 9.78 Å². The highest BCUT2D eigenvalue weighted by Gasteiger charge is 2.26. The number of furan rings is 2. The molecule has 3 aromatic heterocycles. The number of benzene rings is 3. The fraction of sp³-hybridized carbons (Fsp3) is 0. The monoisotopic (exact) mass is 405 g/mol. The van der Waals surface area contributed by atoms with Crippen molar-refractivity contribution in [3.8, 4) is 22.8 Å². The predicted molar refractivity (Wildman–Crippen MR) is 119 cm³/mol. The van der Waals surface area contributed by atoms with E-state index in [0.29, 0.717) is 39.2 Å². The molecule has 0 aliphatic heterocycles. The van der Waals surface area contributed by atoms with Crippen molar-refractivity contribution in [2.75, 3.05) is 0 Å². The average molecular weight is 405 g/mol. The second kappa shape index (κ2) is 6.57. The van der Waals surface area contributed by atoms with E-state index < -0.39 is 5.97 Å². The van der Waals surface area contributed by atoms with Gasteiger partial charge < -0.3 is 13.9 Å². The van der Waals surface area contributed by atoms with Gasteiger partial charge in [-0.2, -0.15) is 0 Å². The number of rotatable bonds is 3. The molecule has 0 unspecified atom stereocenters. The molecule has 6 rings (SSSR count). The van der Waals surface area contributed by atoms with E-state index in [1.54, 1.807) is 0 Å². The Morgan fingerprint density at radius 1 is 0.742 bits per heavy atom. The number of para-hydroxylation sites is 3. The Balaban J connectivity index is 1.74. The maximum atomic E-state index is 12.5. The molecule has 3 heterocycles. The van der Waals surface area contributed by atoms with Crippen LogP contribution in [0.2, 0.25) is 0 Å². The van der Waals surface area contributed by atoms with Gasteiger partial charge in [0.1, 0.15) is 28.2 Å². The molecule has 0 saturated carbocycles. The Hall–Kier alpha value is -4.38. The van der Waals surface area contributed by atoms with Crippen LogP contribution in [-0.4, -0.2) is 16.1 Å². The van der Waals surface area contributed by atoms with Gasteiger partial charge in [0, 0.05) is 21.7 Å². The molecule has 5 nitrogen and oxygen atoms in total. The maximum absolute atomic E-state index is 12.5. The summed E-state index contributed by atoms with van der Waals surface area (Å²) in [5, 5.41) is 12.7. The standard InChI is InChI=1S/C26H15NO4/c28-26(29)24-23(21-13-15-7-1-5-11-19(15)30-21)17-9-3-4-10-18(17)27-25(24)22-14-16-8-2-6-12-20(16)31-22/h1-14H,(H,28,29). The summed E-state index contributed by atoms with van der Waals surface area (Å²) >= 11 is 0. The largest absolute Gasteiger partial charge is 0.478 e. The Labute approximate surface area is 176 Å². The molecule has 0 atom stereocenters. The highest BCUT2D eigenvalue weighted by molar-refractivity contribution is 6.10. The van der Waals surface area contributed by atoms with Crippen LogP contribution >= 0.6 is 0 Å². The molecule has 0 amide bonds. The van der Waals surface area contributed by atoms with Crippen LogP contribution in [0.15, 0.2) is 93.8 Å². The first kappa shape index (κ1) is 17.5. The summed E-state index contributed by atoms with van der Waals surface area (Å²) in [7, 11) is 0. The second-order valence-electron chi connectivity index (χ2n) is 7.33. The lowest BCUT2D eigenvalue weighted by Crippen LogP contribution is -2.05. The van der Waals surface area contributed by atoms with Gasteiger partial charge >= 0.3 is 5.97 Å². The predicted octanol–water partition coefficient (Wildman–Crippen LogP) is 6.76. The Kier molecular flexibility index (Phi) is 3.70. The number of pyridine rings is 1. The molecular weight excluding hydrogens is 390 g/mol. The van der Waals surface area contributed by atoms with Crippen LogP contribution in [0.3, 0.4) is 0 Å². The van der Waals surface area contributed by atoms with Crippen LogP contribution in [0.25, 0.3) is 55.6 Å². The lowest BCUT2D eigenvalue weighted by molar-refractivity contribution is 0.0698. The normalized spacial score (nSPS) is 11.5. The van der Waals surface area contributed by atoms with Crippen molar-refractivity contribution >= 4 is 38.8 Å². The molecule has 0 saturated heterocycles. The molecule has 6 aromatic rings. The van der Waals surface area contributed by atoms with E-state index in [1.165, 1.54) is 0 Å². The topological polar surface area (TPSA) is 76.5 Å². The van der Waals surface area contributed by atoms with Crippen molar-refractivity contribution in [2.24, 2.45) is 0 Å². The molecule has 0 aliphatic carbocycles. The molecule has 0 bridgehead atoms. The minimum absolute atomic E-state index is 0.0526. The molecule has 5 heteroatoms. The van der Waals surface area contributed by atoms with Crippen molar-refractivity contribution in [3.05, 3.63) is 90.5 Å². The van der Waals surface area contributed by atoms with E-state index >= 15 is 0 Å². The van der Waals surface area contributed by atoms with E-state index in [1.807, 2.05) is 84.9 Å². The molecule has 0 fully saturated rings. The number of fused-ring (bicyclic) bond motifs is 3. The lowest BCUT2D eigenvalue weighted by atomic mass is 9.97. The van der Waals surface area contributed by atoms with Crippen LogP contribution in [0.1, 0.15) is 10.4 Å². The number of carboxylic acids is 1. The third-order valence-electron chi connectivity index (χ3n) is 5.44. The van der Waals surface area contributed by atoms with Gasteiger partial charge in [0.15, 0.2) is 5.76 Å². The fourth-order valence-corrected chi connectivity index (χ4v) is 4.06. The van der Waals surface area contributed by atoms with Crippen LogP contribution < -0.4 is 0 Å². The number of carboxylic acid groups (broad SMARTS) is 1. The molecular formula is C26H15NO4. The summed E-state index contributed by atoms with van der Waals surface area (Å²) in [6, 6.07) is 26.3. The average Bonchev–Trinajstić information content (AvgIpc) is 3.41. The van der Waals surface area contributed by atoms with Crippen molar-refractivity contribution in [2.45, 2.75) is 0 Å². The van der Waals surface area contributed by atoms with Crippen molar-refractivity contribution in [1.82, 2.24) is 4.98 Å². The summed E-state index contributed by atoms with van der Waals surface area (Å²) in [5.41, 5.74) is 2.85. The zero-order valence-electron chi connectivity index (χ0n) is 16.2. The minimum atomic E-state index is -1.09. The van der Waals surface area contributed by atoms with Gasteiger partial charge in [0.05, 0.1) is 5.52 Å². The van der Waals surface area contributed by atoms with Gasteiger partial charge in [-0.3, -0.25) is 0 Å². The number of hydrogen-bond donors (Lipinski definition) is 1. The minimum Gasteiger partial charge on any atom is -0.478 e. The zero-order chi connectivity index (χ0) is 20.9. The van der Waals surface area contributed by atoms with Gasteiger partial charge in [-0.1, -0.05) is 54.6 Å². The zero-order valence-corrected chi connectivity index (χ0v) is 16.2. The number of aromatic nitrogens is 1.